The number of benzene rings is 2. The van der Waals surface area contributed by atoms with Crippen molar-refractivity contribution < 1.29 is 9.59 Å². The van der Waals surface area contributed by atoms with Crippen LogP contribution >= 0.6 is 0 Å². The zero-order chi connectivity index (χ0) is 19.1. The summed E-state index contributed by atoms with van der Waals surface area (Å²) in [6, 6.07) is 18.5. The Morgan fingerprint density at radius 1 is 0.893 bits per heavy atom. The van der Waals surface area contributed by atoms with E-state index in [1.807, 2.05) is 48.5 Å². The molecule has 5 rings (SSSR count). The Morgan fingerprint density at radius 3 is 2.50 bits per heavy atom. The maximum absolute atomic E-state index is 13.6. The fourth-order valence-corrected chi connectivity index (χ4v) is 4.22. The molecular weight excluding hydrogens is 350 g/mol. The number of para-hydroxylation sites is 1. The Hall–Kier alpha value is -3.47. The third kappa shape index (κ3) is 2.51. The van der Waals surface area contributed by atoms with Crippen molar-refractivity contribution in [2.75, 3.05) is 6.54 Å². The Bertz CT molecular complexity index is 1140. The number of carbonyl (C=O) groups is 2. The average Bonchev–Trinajstić information content (AvgIpc) is 3.37. The molecule has 5 heteroatoms. The maximum Gasteiger partial charge on any atom is 0.254 e. The fraction of sp³-hybridized carbons (Fsp3) is 0.174. The SMILES string of the molecule is O=C(c1ccccc1)N1CCC[C@H]1C(=O)n1c2ccccc2c2ccncc21. The summed E-state index contributed by atoms with van der Waals surface area (Å²) in [5.41, 5.74) is 2.26. The van der Waals surface area contributed by atoms with Crippen LogP contribution in [-0.4, -0.2) is 38.9 Å². The minimum atomic E-state index is -0.466. The van der Waals surface area contributed by atoms with Crippen molar-refractivity contribution in [2.24, 2.45) is 0 Å². The molecule has 3 heterocycles. The van der Waals surface area contributed by atoms with Crippen LogP contribution in [0.5, 0.6) is 0 Å². The number of nitrogens with zero attached hydrogens (tertiary/aromatic N) is 3. The molecule has 1 aliphatic rings. The third-order valence-corrected chi connectivity index (χ3v) is 5.52. The molecule has 0 aliphatic carbocycles. The molecule has 1 saturated heterocycles. The highest BCUT2D eigenvalue weighted by Crippen LogP contribution is 2.30. The first-order valence-electron chi connectivity index (χ1n) is 9.49. The summed E-state index contributed by atoms with van der Waals surface area (Å²) in [6.07, 6.45) is 4.96. The van der Waals surface area contributed by atoms with Crippen LogP contribution in [0.2, 0.25) is 0 Å². The van der Waals surface area contributed by atoms with E-state index in [1.165, 1.54) is 0 Å². The summed E-state index contributed by atoms with van der Waals surface area (Å²) >= 11 is 0. The molecule has 4 aromatic rings. The first-order chi connectivity index (χ1) is 13.8. The molecule has 0 saturated carbocycles. The molecule has 0 unspecified atom stereocenters. The van der Waals surface area contributed by atoms with Gasteiger partial charge in [0.25, 0.3) is 11.8 Å². The number of hydrogen-bond donors (Lipinski definition) is 0. The Labute approximate surface area is 162 Å². The van der Waals surface area contributed by atoms with Crippen molar-refractivity contribution >= 4 is 33.6 Å². The summed E-state index contributed by atoms with van der Waals surface area (Å²) in [5.74, 6) is -0.156. The molecule has 138 valence electrons. The standard InChI is InChI=1S/C23H19N3O2/c27-22(16-7-2-1-3-8-16)25-14-6-11-20(25)23(28)26-19-10-5-4-9-17(19)18-12-13-24-15-21(18)26/h1-5,7-10,12-13,15,20H,6,11,14H2/t20-/m0/s1. The minimum absolute atomic E-state index is 0.0685. The van der Waals surface area contributed by atoms with E-state index < -0.39 is 6.04 Å². The van der Waals surface area contributed by atoms with E-state index in [0.29, 0.717) is 18.5 Å². The fourth-order valence-electron chi connectivity index (χ4n) is 4.22. The van der Waals surface area contributed by atoms with Crippen molar-refractivity contribution in [3.05, 3.63) is 78.6 Å². The van der Waals surface area contributed by atoms with Crippen LogP contribution in [0.3, 0.4) is 0 Å². The molecule has 0 bridgehead atoms. The lowest BCUT2D eigenvalue weighted by molar-refractivity contribution is 0.0639. The van der Waals surface area contributed by atoms with Gasteiger partial charge in [0.05, 0.1) is 17.2 Å². The first-order valence-corrected chi connectivity index (χ1v) is 9.49. The predicted octanol–water partition coefficient (Wildman–Crippen LogP) is 4.13. The second-order valence-corrected chi connectivity index (χ2v) is 7.11. The molecule has 0 spiro atoms. The van der Waals surface area contributed by atoms with E-state index in [1.54, 1.807) is 34.0 Å². The molecule has 0 N–H and O–H groups in total. The lowest BCUT2D eigenvalue weighted by Crippen LogP contribution is -2.42. The number of rotatable bonds is 2. The lowest BCUT2D eigenvalue weighted by atomic mass is 10.1. The van der Waals surface area contributed by atoms with Crippen LogP contribution in [0.1, 0.15) is 28.0 Å². The van der Waals surface area contributed by atoms with Crippen LogP contribution in [-0.2, 0) is 0 Å². The highest BCUT2D eigenvalue weighted by molar-refractivity contribution is 6.14. The molecule has 5 nitrogen and oxygen atoms in total. The van der Waals surface area contributed by atoms with Crippen LogP contribution in [0.25, 0.3) is 21.8 Å². The molecule has 1 amide bonds. The van der Waals surface area contributed by atoms with E-state index in [9.17, 15) is 9.59 Å². The van der Waals surface area contributed by atoms with Gasteiger partial charge in [0.1, 0.15) is 6.04 Å². The second-order valence-electron chi connectivity index (χ2n) is 7.11. The Morgan fingerprint density at radius 2 is 1.64 bits per heavy atom. The van der Waals surface area contributed by atoms with Gasteiger partial charge >= 0.3 is 0 Å². The topological polar surface area (TPSA) is 55.2 Å². The van der Waals surface area contributed by atoms with Crippen LogP contribution < -0.4 is 0 Å². The highest BCUT2D eigenvalue weighted by Gasteiger charge is 2.36. The minimum Gasteiger partial charge on any atom is -0.327 e. The summed E-state index contributed by atoms with van der Waals surface area (Å²) < 4.78 is 1.74. The Kier molecular flexibility index (Phi) is 3.93. The van der Waals surface area contributed by atoms with E-state index in [2.05, 4.69) is 4.98 Å². The van der Waals surface area contributed by atoms with E-state index in [0.717, 1.165) is 28.2 Å². The van der Waals surface area contributed by atoms with Gasteiger partial charge in [-0.3, -0.25) is 19.1 Å². The van der Waals surface area contributed by atoms with Gasteiger partial charge in [-0.2, -0.15) is 0 Å². The monoisotopic (exact) mass is 369 g/mol. The molecule has 1 fully saturated rings. The number of fused-ring (bicyclic) bond motifs is 3. The van der Waals surface area contributed by atoms with Crippen molar-refractivity contribution in [3.63, 3.8) is 0 Å². The molecule has 2 aromatic carbocycles. The largest absolute Gasteiger partial charge is 0.327 e. The predicted molar refractivity (Wildman–Crippen MR) is 108 cm³/mol. The van der Waals surface area contributed by atoms with Crippen molar-refractivity contribution in [1.82, 2.24) is 14.5 Å². The number of amides is 1. The molecule has 1 aliphatic heterocycles. The summed E-state index contributed by atoms with van der Waals surface area (Å²) in [4.78, 5) is 32.6. The number of carbonyl (C=O) groups excluding carboxylic acids is 2. The molecule has 2 aromatic heterocycles. The number of likely N-dealkylation sites (tertiary alicyclic amines) is 1. The smallest absolute Gasteiger partial charge is 0.254 e. The maximum atomic E-state index is 13.6. The quantitative estimate of drug-likeness (QED) is 0.534. The number of hydrogen-bond acceptors (Lipinski definition) is 3. The van der Waals surface area contributed by atoms with Crippen LogP contribution in [0.15, 0.2) is 73.1 Å². The summed E-state index contributed by atoms with van der Waals surface area (Å²) in [7, 11) is 0. The normalized spacial score (nSPS) is 16.7. The summed E-state index contributed by atoms with van der Waals surface area (Å²) in [6.45, 7) is 0.597. The second kappa shape index (κ2) is 6.60. The van der Waals surface area contributed by atoms with Crippen molar-refractivity contribution in [3.8, 4) is 0 Å². The van der Waals surface area contributed by atoms with Gasteiger partial charge in [0, 0.05) is 29.1 Å². The highest BCUT2D eigenvalue weighted by atomic mass is 16.2. The van der Waals surface area contributed by atoms with Crippen molar-refractivity contribution in [2.45, 2.75) is 18.9 Å². The number of aromatic nitrogens is 2. The van der Waals surface area contributed by atoms with Gasteiger partial charge in [0.15, 0.2) is 0 Å². The summed E-state index contributed by atoms with van der Waals surface area (Å²) in [5, 5.41) is 2.02. The van der Waals surface area contributed by atoms with Crippen LogP contribution in [0.4, 0.5) is 0 Å². The number of pyridine rings is 1. The molecular formula is C23H19N3O2. The van der Waals surface area contributed by atoms with E-state index >= 15 is 0 Å². The lowest BCUT2D eigenvalue weighted by Gasteiger charge is -2.24. The third-order valence-electron chi connectivity index (χ3n) is 5.52. The van der Waals surface area contributed by atoms with Crippen molar-refractivity contribution in [1.29, 1.82) is 0 Å². The van der Waals surface area contributed by atoms with E-state index in [4.69, 9.17) is 0 Å². The molecule has 0 radical (unpaired) electrons. The van der Waals surface area contributed by atoms with E-state index in [-0.39, 0.29) is 11.8 Å². The molecule has 1 atom stereocenters. The van der Waals surface area contributed by atoms with Gasteiger partial charge in [-0.25, -0.2) is 0 Å². The van der Waals surface area contributed by atoms with Crippen LogP contribution in [0, 0.1) is 0 Å². The zero-order valence-electron chi connectivity index (χ0n) is 15.3. The van der Waals surface area contributed by atoms with Gasteiger partial charge in [-0.1, -0.05) is 36.4 Å². The Balaban J connectivity index is 1.60. The molecule has 28 heavy (non-hydrogen) atoms. The van der Waals surface area contributed by atoms with Gasteiger partial charge in [-0.05, 0) is 37.1 Å². The van der Waals surface area contributed by atoms with Gasteiger partial charge in [-0.15, -0.1) is 0 Å². The zero-order valence-corrected chi connectivity index (χ0v) is 15.3. The average molecular weight is 369 g/mol. The van der Waals surface area contributed by atoms with Gasteiger partial charge < -0.3 is 4.90 Å². The van der Waals surface area contributed by atoms with Gasteiger partial charge in [0.2, 0.25) is 0 Å². The first kappa shape index (κ1) is 16.7.